The van der Waals surface area contributed by atoms with Gasteiger partial charge in [0, 0.05) is 22.5 Å². The average molecular weight is 373 g/mol. The molecule has 0 aliphatic heterocycles. The summed E-state index contributed by atoms with van der Waals surface area (Å²) in [5, 5.41) is 4.51. The van der Waals surface area contributed by atoms with Gasteiger partial charge in [0.15, 0.2) is 0 Å². The van der Waals surface area contributed by atoms with Gasteiger partial charge >= 0.3 is 0 Å². The number of fused-ring (bicyclic) bond motifs is 1. The molecule has 0 fully saturated rings. The van der Waals surface area contributed by atoms with Gasteiger partial charge in [0.05, 0.1) is 16.8 Å². The summed E-state index contributed by atoms with van der Waals surface area (Å²) in [4.78, 5) is 17.6. The molecule has 0 aliphatic carbocycles. The van der Waals surface area contributed by atoms with Crippen LogP contribution in [0.2, 0.25) is 5.02 Å². The van der Waals surface area contributed by atoms with E-state index in [-0.39, 0.29) is 5.91 Å². The van der Waals surface area contributed by atoms with Gasteiger partial charge in [0.2, 0.25) is 0 Å². The number of nitrogens with one attached hydrogen (secondary N) is 1. The normalized spacial score (nSPS) is 10.7. The lowest BCUT2D eigenvalue weighted by molar-refractivity contribution is 0.0952. The van der Waals surface area contributed by atoms with Crippen LogP contribution in [0.1, 0.15) is 15.9 Å². The fourth-order valence-corrected chi connectivity index (χ4v) is 3.13. The fourth-order valence-electron chi connectivity index (χ4n) is 3.00. The first-order valence-corrected chi connectivity index (χ1v) is 9.06. The van der Waals surface area contributed by atoms with Gasteiger partial charge in [-0.25, -0.2) is 4.98 Å². The lowest BCUT2D eigenvalue weighted by Gasteiger charge is -2.11. The number of aromatic nitrogens is 1. The molecule has 1 aromatic heterocycles. The predicted octanol–water partition coefficient (Wildman–Crippen LogP) is 5.49. The Balaban J connectivity index is 1.69. The molecule has 4 rings (SSSR count). The standard InChI is InChI=1S/C23H17ClN2O/c24-18-12-10-16(11-13-18)15-25-23(27)20-14-22(17-6-2-1-3-7-17)26-21-9-5-4-8-19(20)21/h1-14H,15H2,(H,25,27). The van der Waals surface area contributed by atoms with Crippen molar-refractivity contribution in [1.82, 2.24) is 10.3 Å². The van der Waals surface area contributed by atoms with Crippen molar-refractivity contribution >= 4 is 28.4 Å². The summed E-state index contributed by atoms with van der Waals surface area (Å²) >= 11 is 5.92. The highest BCUT2D eigenvalue weighted by molar-refractivity contribution is 6.30. The Kier molecular flexibility index (Phi) is 4.86. The monoisotopic (exact) mass is 372 g/mol. The maximum Gasteiger partial charge on any atom is 0.252 e. The van der Waals surface area contributed by atoms with E-state index >= 15 is 0 Å². The smallest absolute Gasteiger partial charge is 0.252 e. The number of para-hydroxylation sites is 1. The number of amides is 1. The van der Waals surface area contributed by atoms with E-state index in [0.29, 0.717) is 17.1 Å². The van der Waals surface area contributed by atoms with Crippen molar-refractivity contribution < 1.29 is 4.79 Å². The molecule has 0 aliphatic rings. The lowest BCUT2D eigenvalue weighted by Crippen LogP contribution is -2.23. The number of rotatable bonds is 4. The molecular weight excluding hydrogens is 356 g/mol. The van der Waals surface area contributed by atoms with Crippen LogP contribution < -0.4 is 5.32 Å². The third kappa shape index (κ3) is 3.83. The van der Waals surface area contributed by atoms with E-state index in [1.165, 1.54) is 0 Å². The summed E-state index contributed by atoms with van der Waals surface area (Å²) in [5.74, 6) is -0.124. The summed E-state index contributed by atoms with van der Waals surface area (Å²) < 4.78 is 0. The van der Waals surface area contributed by atoms with Crippen LogP contribution in [0.25, 0.3) is 22.2 Å². The maximum atomic E-state index is 12.9. The molecule has 0 spiro atoms. The lowest BCUT2D eigenvalue weighted by atomic mass is 10.0. The second-order valence-corrected chi connectivity index (χ2v) is 6.68. The minimum atomic E-state index is -0.124. The third-order valence-electron chi connectivity index (χ3n) is 4.40. The molecule has 27 heavy (non-hydrogen) atoms. The summed E-state index contributed by atoms with van der Waals surface area (Å²) in [7, 11) is 0. The molecule has 0 bridgehead atoms. The summed E-state index contributed by atoms with van der Waals surface area (Å²) in [6, 6.07) is 26.9. The van der Waals surface area contributed by atoms with E-state index in [9.17, 15) is 4.79 Å². The van der Waals surface area contributed by atoms with Crippen LogP contribution in [0.5, 0.6) is 0 Å². The SMILES string of the molecule is O=C(NCc1ccc(Cl)cc1)c1cc(-c2ccccc2)nc2ccccc12. The topological polar surface area (TPSA) is 42.0 Å². The highest BCUT2D eigenvalue weighted by Crippen LogP contribution is 2.24. The zero-order valence-corrected chi connectivity index (χ0v) is 15.3. The van der Waals surface area contributed by atoms with Crippen LogP contribution in [0.3, 0.4) is 0 Å². The maximum absolute atomic E-state index is 12.9. The van der Waals surface area contributed by atoms with Gasteiger partial charge in [-0.1, -0.05) is 72.3 Å². The van der Waals surface area contributed by atoms with Crippen molar-refractivity contribution in [2.24, 2.45) is 0 Å². The number of halogens is 1. The van der Waals surface area contributed by atoms with Gasteiger partial charge in [-0.3, -0.25) is 4.79 Å². The zero-order chi connectivity index (χ0) is 18.6. The summed E-state index contributed by atoms with van der Waals surface area (Å²) in [6.07, 6.45) is 0. The summed E-state index contributed by atoms with van der Waals surface area (Å²) in [6.45, 7) is 0.438. The fraction of sp³-hybridized carbons (Fsp3) is 0.0435. The molecule has 4 heteroatoms. The molecular formula is C23H17ClN2O. The van der Waals surface area contributed by atoms with E-state index < -0.39 is 0 Å². The van der Waals surface area contributed by atoms with Gasteiger partial charge in [-0.2, -0.15) is 0 Å². The van der Waals surface area contributed by atoms with Crippen LogP contribution in [0.4, 0.5) is 0 Å². The van der Waals surface area contributed by atoms with Crippen molar-refractivity contribution in [3.8, 4) is 11.3 Å². The van der Waals surface area contributed by atoms with Crippen molar-refractivity contribution in [1.29, 1.82) is 0 Å². The van der Waals surface area contributed by atoms with Gasteiger partial charge in [0.25, 0.3) is 5.91 Å². The van der Waals surface area contributed by atoms with E-state index in [2.05, 4.69) is 5.32 Å². The highest BCUT2D eigenvalue weighted by Gasteiger charge is 2.13. The number of nitrogens with zero attached hydrogens (tertiary/aromatic N) is 1. The van der Waals surface area contributed by atoms with Crippen LogP contribution in [0.15, 0.2) is 84.9 Å². The number of carbonyl (C=O) groups excluding carboxylic acids is 1. The van der Waals surface area contributed by atoms with Crippen LogP contribution in [-0.2, 0) is 6.54 Å². The second-order valence-electron chi connectivity index (χ2n) is 6.25. The number of carbonyl (C=O) groups is 1. The molecule has 3 nitrogen and oxygen atoms in total. The van der Waals surface area contributed by atoms with Crippen LogP contribution in [0, 0.1) is 0 Å². The Bertz CT molecular complexity index is 1090. The Morgan fingerprint density at radius 1 is 0.889 bits per heavy atom. The Hall–Kier alpha value is -3.17. The van der Waals surface area contributed by atoms with Crippen molar-refractivity contribution in [2.45, 2.75) is 6.54 Å². The molecule has 0 radical (unpaired) electrons. The number of hydrogen-bond donors (Lipinski definition) is 1. The van der Waals surface area contributed by atoms with Crippen LogP contribution in [-0.4, -0.2) is 10.9 Å². The van der Waals surface area contributed by atoms with E-state index in [0.717, 1.165) is 27.7 Å². The van der Waals surface area contributed by atoms with Crippen molar-refractivity contribution in [3.63, 3.8) is 0 Å². The number of pyridine rings is 1. The van der Waals surface area contributed by atoms with Gasteiger partial charge in [-0.05, 0) is 29.8 Å². The minimum Gasteiger partial charge on any atom is -0.348 e. The van der Waals surface area contributed by atoms with Crippen molar-refractivity contribution in [3.05, 3.63) is 101 Å². The van der Waals surface area contributed by atoms with Crippen molar-refractivity contribution in [2.75, 3.05) is 0 Å². The molecule has 0 saturated heterocycles. The number of hydrogen-bond acceptors (Lipinski definition) is 2. The molecule has 3 aromatic carbocycles. The average Bonchev–Trinajstić information content (AvgIpc) is 2.73. The number of benzene rings is 3. The molecule has 1 heterocycles. The van der Waals surface area contributed by atoms with Gasteiger partial charge in [-0.15, -0.1) is 0 Å². The van der Waals surface area contributed by atoms with Gasteiger partial charge < -0.3 is 5.32 Å². The molecule has 4 aromatic rings. The van der Waals surface area contributed by atoms with E-state index in [1.807, 2.05) is 84.9 Å². The first-order chi connectivity index (χ1) is 13.2. The third-order valence-corrected chi connectivity index (χ3v) is 4.65. The molecule has 0 unspecified atom stereocenters. The molecule has 132 valence electrons. The Labute approximate surface area is 162 Å². The molecule has 0 saturated carbocycles. The summed E-state index contributed by atoms with van der Waals surface area (Å²) in [5.41, 5.74) is 4.18. The molecule has 1 amide bonds. The molecule has 0 atom stereocenters. The first kappa shape index (κ1) is 17.3. The highest BCUT2D eigenvalue weighted by atomic mass is 35.5. The second kappa shape index (κ2) is 7.60. The van der Waals surface area contributed by atoms with E-state index in [4.69, 9.17) is 16.6 Å². The quantitative estimate of drug-likeness (QED) is 0.515. The predicted molar refractivity (Wildman–Crippen MR) is 110 cm³/mol. The zero-order valence-electron chi connectivity index (χ0n) is 14.5. The first-order valence-electron chi connectivity index (χ1n) is 8.68. The van der Waals surface area contributed by atoms with Gasteiger partial charge in [0.1, 0.15) is 0 Å². The Morgan fingerprint density at radius 2 is 1.59 bits per heavy atom. The van der Waals surface area contributed by atoms with Crippen LogP contribution >= 0.6 is 11.6 Å². The minimum absolute atomic E-state index is 0.124. The van der Waals surface area contributed by atoms with E-state index in [1.54, 1.807) is 0 Å². The largest absolute Gasteiger partial charge is 0.348 e. The molecule has 1 N–H and O–H groups in total. The Morgan fingerprint density at radius 3 is 2.37 bits per heavy atom.